The molecule has 0 heterocycles. The SMILES string of the molecule is CN(Cc1cccc(-c2ccc(NC(=O)C(C)(C)C)cc2)c1)C(=O)CN. The summed E-state index contributed by atoms with van der Waals surface area (Å²) < 4.78 is 0. The van der Waals surface area contributed by atoms with Gasteiger partial charge in [0, 0.05) is 24.7 Å². The molecule has 0 unspecified atom stereocenters. The molecule has 0 aromatic heterocycles. The topological polar surface area (TPSA) is 75.4 Å². The second kappa shape index (κ2) is 8.15. The maximum atomic E-state index is 12.1. The molecule has 0 radical (unpaired) electrons. The van der Waals surface area contributed by atoms with Crippen molar-refractivity contribution in [3.05, 3.63) is 54.1 Å². The monoisotopic (exact) mass is 353 g/mol. The second-order valence-corrected chi connectivity index (χ2v) is 7.44. The number of nitrogens with zero attached hydrogens (tertiary/aromatic N) is 1. The molecule has 5 nitrogen and oxygen atoms in total. The molecule has 0 atom stereocenters. The first-order valence-corrected chi connectivity index (χ1v) is 8.65. The summed E-state index contributed by atoms with van der Waals surface area (Å²) in [5, 5.41) is 2.92. The zero-order valence-electron chi connectivity index (χ0n) is 15.9. The molecule has 0 bridgehead atoms. The van der Waals surface area contributed by atoms with Crippen LogP contribution in [0.3, 0.4) is 0 Å². The molecular weight excluding hydrogens is 326 g/mol. The first kappa shape index (κ1) is 19.7. The number of rotatable bonds is 5. The van der Waals surface area contributed by atoms with Crippen molar-refractivity contribution in [2.24, 2.45) is 11.1 Å². The highest BCUT2D eigenvalue weighted by Gasteiger charge is 2.21. The van der Waals surface area contributed by atoms with E-state index in [1.54, 1.807) is 11.9 Å². The van der Waals surface area contributed by atoms with Crippen molar-refractivity contribution in [1.29, 1.82) is 0 Å². The summed E-state index contributed by atoms with van der Waals surface area (Å²) in [5.41, 5.74) is 8.90. The van der Waals surface area contributed by atoms with Gasteiger partial charge in [0.1, 0.15) is 0 Å². The lowest BCUT2D eigenvalue weighted by Crippen LogP contribution is -2.32. The summed E-state index contributed by atoms with van der Waals surface area (Å²) in [6, 6.07) is 15.8. The number of carbonyl (C=O) groups excluding carboxylic acids is 2. The summed E-state index contributed by atoms with van der Waals surface area (Å²) >= 11 is 0. The summed E-state index contributed by atoms with van der Waals surface area (Å²) in [4.78, 5) is 25.3. The Morgan fingerprint density at radius 1 is 1.04 bits per heavy atom. The average molecular weight is 353 g/mol. The predicted molar refractivity (Wildman–Crippen MR) is 105 cm³/mol. The molecule has 0 aliphatic rings. The molecule has 0 aliphatic heterocycles. The number of hydrogen-bond donors (Lipinski definition) is 2. The smallest absolute Gasteiger partial charge is 0.236 e. The Morgan fingerprint density at radius 3 is 2.27 bits per heavy atom. The van der Waals surface area contributed by atoms with Gasteiger partial charge in [0.25, 0.3) is 0 Å². The molecule has 3 N–H and O–H groups in total. The van der Waals surface area contributed by atoms with Crippen LogP contribution in [0.2, 0.25) is 0 Å². The Morgan fingerprint density at radius 2 is 1.69 bits per heavy atom. The molecule has 0 saturated heterocycles. The van der Waals surface area contributed by atoms with E-state index in [2.05, 4.69) is 11.4 Å². The van der Waals surface area contributed by atoms with Crippen molar-refractivity contribution in [1.82, 2.24) is 4.90 Å². The van der Waals surface area contributed by atoms with Crippen molar-refractivity contribution in [3.63, 3.8) is 0 Å². The van der Waals surface area contributed by atoms with Crippen molar-refractivity contribution < 1.29 is 9.59 Å². The molecule has 0 spiro atoms. The average Bonchev–Trinajstić information content (AvgIpc) is 2.61. The lowest BCUT2D eigenvalue weighted by Gasteiger charge is -2.18. The molecule has 2 aromatic carbocycles. The zero-order chi connectivity index (χ0) is 19.3. The number of anilines is 1. The van der Waals surface area contributed by atoms with E-state index in [9.17, 15) is 9.59 Å². The Labute approximate surface area is 155 Å². The minimum absolute atomic E-state index is 0.0118. The highest BCUT2D eigenvalue weighted by atomic mass is 16.2. The highest BCUT2D eigenvalue weighted by molar-refractivity contribution is 5.94. The van der Waals surface area contributed by atoms with Gasteiger partial charge >= 0.3 is 0 Å². The van der Waals surface area contributed by atoms with Crippen LogP contribution in [0.15, 0.2) is 48.5 Å². The van der Waals surface area contributed by atoms with Gasteiger partial charge < -0.3 is 16.0 Å². The fourth-order valence-corrected chi connectivity index (χ4v) is 2.43. The van der Waals surface area contributed by atoms with Crippen LogP contribution in [0, 0.1) is 5.41 Å². The van der Waals surface area contributed by atoms with E-state index in [1.807, 2.05) is 63.2 Å². The predicted octanol–water partition coefficient (Wildman–Crippen LogP) is 3.26. The summed E-state index contributed by atoms with van der Waals surface area (Å²) in [6.07, 6.45) is 0. The third kappa shape index (κ3) is 5.17. The van der Waals surface area contributed by atoms with Crippen molar-refractivity contribution >= 4 is 17.5 Å². The third-order valence-electron chi connectivity index (χ3n) is 4.10. The van der Waals surface area contributed by atoms with E-state index in [0.717, 1.165) is 22.4 Å². The first-order chi connectivity index (χ1) is 12.2. The third-order valence-corrected chi connectivity index (χ3v) is 4.10. The fourth-order valence-electron chi connectivity index (χ4n) is 2.43. The normalized spacial score (nSPS) is 11.1. The molecule has 26 heavy (non-hydrogen) atoms. The van der Waals surface area contributed by atoms with Gasteiger partial charge in [-0.2, -0.15) is 0 Å². The lowest BCUT2D eigenvalue weighted by molar-refractivity contribution is -0.128. The quantitative estimate of drug-likeness (QED) is 0.866. The van der Waals surface area contributed by atoms with Gasteiger partial charge in [-0.05, 0) is 34.9 Å². The largest absolute Gasteiger partial charge is 0.340 e. The van der Waals surface area contributed by atoms with E-state index in [1.165, 1.54) is 0 Å². The van der Waals surface area contributed by atoms with Gasteiger partial charge in [-0.1, -0.05) is 51.1 Å². The van der Waals surface area contributed by atoms with Crippen LogP contribution >= 0.6 is 0 Å². The lowest BCUT2D eigenvalue weighted by atomic mass is 9.95. The van der Waals surface area contributed by atoms with Crippen LogP contribution in [0.25, 0.3) is 11.1 Å². The molecule has 2 rings (SSSR count). The minimum atomic E-state index is -0.431. The van der Waals surface area contributed by atoms with E-state index < -0.39 is 5.41 Å². The van der Waals surface area contributed by atoms with E-state index in [0.29, 0.717) is 6.54 Å². The van der Waals surface area contributed by atoms with Crippen LogP contribution in [0.4, 0.5) is 5.69 Å². The van der Waals surface area contributed by atoms with Crippen molar-refractivity contribution in [3.8, 4) is 11.1 Å². The van der Waals surface area contributed by atoms with Crippen molar-refractivity contribution in [2.75, 3.05) is 18.9 Å². The number of hydrogen-bond acceptors (Lipinski definition) is 3. The molecule has 5 heteroatoms. The van der Waals surface area contributed by atoms with E-state index in [4.69, 9.17) is 5.73 Å². The number of carbonyl (C=O) groups is 2. The van der Waals surface area contributed by atoms with Crippen LogP contribution in [-0.2, 0) is 16.1 Å². The molecule has 2 aromatic rings. The molecule has 0 fully saturated rings. The fraction of sp³-hybridized carbons (Fsp3) is 0.333. The van der Waals surface area contributed by atoms with Crippen LogP contribution in [0.1, 0.15) is 26.3 Å². The highest BCUT2D eigenvalue weighted by Crippen LogP contribution is 2.24. The van der Waals surface area contributed by atoms with Gasteiger partial charge in [0.2, 0.25) is 11.8 Å². The van der Waals surface area contributed by atoms with Crippen LogP contribution < -0.4 is 11.1 Å². The number of amides is 2. The molecule has 0 aliphatic carbocycles. The summed E-state index contributed by atoms with van der Waals surface area (Å²) in [6.45, 7) is 6.18. The van der Waals surface area contributed by atoms with Gasteiger partial charge in [-0.3, -0.25) is 9.59 Å². The number of nitrogens with two attached hydrogens (primary N) is 1. The van der Waals surface area contributed by atoms with E-state index >= 15 is 0 Å². The molecular formula is C21H27N3O2. The standard InChI is InChI=1S/C21H27N3O2/c1-21(2,3)20(26)23-18-10-8-16(9-11-18)17-7-5-6-15(12-17)14-24(4)19(25)13-22/h5-12H,13-14,22H2,1-4H3,(H,23,26). The van der Waals surface area contributed by atoms with E-state index in [-0.39, 0.29) is 18.4 Å². The van der Waals surface area contributed by atoms with Gasteiger partial charge in [0.05, 0.1) is 6.54 Å². The molecule has 0 saturated carbocycles. The number of nitrogens with one attached hydrogen (secondary N) is 1. The van der Waals surface area contributed by atoms with Crippen molar-refractivity contribution in [2.45, 2.75) is 27.3 Å². The maximum Gasteiger partial charge on any atom is 0.236 e. The maximum absolute atomic E-state index is 12.1. The summed E-state index contributed by atoms with van der Waals surface area (Å²) in [7, 11) is 1.74. The molecule has 138 valence electrons. The van der Waals surface area contributed by atoms with Crippen LogP contribution in [-0.4, -0.2) is 30.3 Å². The number of benzene rings is 2. The minimum Gasteiger partial charge on any atom is -0.340 e. The van der Waals surface area contributed by atoms with Gasteiger partial charge in [-0.15, -0.1) is 0 Å². The Balaban J connectivity index is 2.13. The number of likely N-dealkylation sites (N-methyl/N-ethyl adjacent to an activating group) is 1. The second-order valence-electron chi connectivity index (χ2n) is 7.44. The summed E-state index contributed by atoms with van der Waals surface area (Å²) in [5.74, 6) is -0.103. The van der Waals surface area contributed by atoms with Gasteiger partial charge in [-0.25, -0.2) is 0 Å². The Hall–Kier alpha value is -2.66. The van der Waals surface area contributed by atoms with Crippen LogP contribution in [0.5, 0.6) is 0 Å². The van der Waals surface area contributed by atoms with Gasteiger partial charge in [0.15, 0.2) is 0 Å². The Kier molecular flexibility index (Phi) is 6.16. The first-order valence-electron chi connectivity index (χ1n) is 8.65. The Bertz CT molecular complexity index is 777. The zero-order valence-corrected chi connectivity index (χ0v) is 15.9. The molecule has 2 amide bonds.